The average molecular weight is 1200 g/mol. The number of nitrogens with zero attached hydrogens (tertiary/aromatic N) is 7. The molecule has 23 heteroatoms. The second-order valence-corrected chi connectivity index (χ2v) is 25.9. The third-order valence-corrected chi connectivity index (χ3v) is 16.1. The number of hydrogen-bond donors (Lipinski definition) is 5. The van der Waals surface area contributed by atoms with E-state index in [2.05, 4.69) is 21.3 Å². The van der Waals surface area contributed by atoms with Crippen molar-refractivity contribution >= 4 is 65.0 Å². The zero-order chi connectivity index (χ0) is 66.0. The Morgan fingerprint density at radius 1 is 0.447 bits per heavy atom. The van der Waals surface area contributed by atoms with Gasteiger partial charge in [-0.1, -0.05) is 116 Å². The van der Waals surface area contributed by atoms with E-state index in [1.54, 1.807) is 55.4 Å². The minimum absolute atomic E-state index is 0.0222. The fourth-order valence-corrected chi connectivity index (χ4v) is 10.8. The molecule has 0 bridgehead atoms. The van der Waals surface area contributed by atoms with Crippen molar-refractivity contribution in [3.63, 3.8) is 0 Å². The van der Waals surface area contributed by atoms with E-state index in [0.29, 0.717) is 12.8 Å². The van der Waals surface area contributed by atoms with Gasteiger partial charge in [-0.2, -0.15) is 0 Å². The summed E-state index contributed by atoms with van der Waals surface area (Å²) >= 11 is 0. The van der Waals surface area contributed by atoms with Crippen molar-refractivity contribution in [1.29, 1.82) is 0 Å². The van der Waals surface area contributed by atoms with Gasteiger partial charge in [0, 0.05) is 49.3 Å². The Hall–Kier alpha value is -6.13. The highest BCUT2D eigenvalue weighted by molar-refractivity contribution is 5.99. The lowest BCUT2D eigenvalue weighted by Gasteiger charge is -2.41. The Morgan fingerprint density at radius 2 is 0.882 bits per heavy atom. The van der Waals surface area contributed by atoms with E-state index in [0.717, 1.165) is 9.80 Å². The first-order valence-corrected chi connectivity index (χ1v) is 30.6. The quantitative estimate of drug-likeness (QED) is 0.148. The molecule has 11 amide bonds. The topological polar surface area (TPSA) is 279 Å². The van der Waals surface area contributed by atoms with Crippen LogP contribution in [-0.4, -0.2) is 227 Å². The molecule has 1 heterocycles. The molecular formula is C62H111N11O12. The van der Waals surface area contributed by atoms with Crippen molar-refractivity contribution in [1.82, 2.24) is 55.6 Å². The summed E-state index contributed by atoms with van der Waals surface area (Å²) in [6, 6.07) is -12.4. The monoisotopic (exact) mass is 1200 g/mol. The van der Waals surface area contributed by atoms with E-state index in [9.17, 15) is 48.3 Å². The van der Waals surface area contributed by atoms with Crippen LogP contribution >= 0.6 is 0 Å². The Labute approximate surface area is 508 Å². The molecule has 0 aromatic carbocycles. The van der Waals surface area contributed by atoms with E-state index >= 15 is 9.59 Å². The number of hydrogen-bond acceptors (Lipinski definition) is 12. The molecule has 12 atom stereocenters. The fraction of sp³-hybridized carbons (Fsp3) is 0.790. The highest BCUT2D eigenvalue weighted by Gasteiger charge is 2.46. The van der Waals surface area contributed by atoms with Crippen molar-refractivity contribution < 1.29 is 57.8 Å². The first-order chi connectivity index (χ1) is 39.2. The highest BCUT2D eigenvalue weighted by Crippen LogP contribution is 2.26. The van der Waals surface area contributed by atoms with Crippen LogP contribution in [0.2, 0.25) is 0 Å². The number of carbonyl (C=O) groups excluding carboxylic acids is 11. The van der Waals surface area contributed by atoms with Gasteiger partial charge in [-0.05, 0) is 93.8 Å². The van der Waals surface area contributed by atoms with Crippen LogP contribution in [0.15, 0.2) is 12.2 Å². The van der Waals surface area contributed by atoms with Gasteiger partial charge in [0.1, 0.15) is 60.4 Å². The lowest BCUT2D eigenvalue weighted by molar-refractivity contribution is -0.157. The van der Waals surface area contributed by atoms with E-state index in [4.69, 9.17) is 0 Å². The molecule has 23 nitrogen and oxygen atoms in total. The van der Waals surface area contributed by atoms with Gasteiger partial charge in [-0.15, -0.1) is 0 Å². The fourth-order valence-electron chi connectivity index (χ4n) is 10.8. The number of nitrogens with one attached hydrogen (secondary N) is 4. The minimum atomic E-state index is -1.61. The molecule has 1 aliphatic rings. The average Bonchev–Trinajstić information content (AvgIpc) is 3.35. The van der Waals surface area contributed by atoms with Gasteiger partial charge in [0.25, 0.3) is 0 Å². The van der Waals surface area contributed by atoms with Gasteiger partial charge in [-0.3, -0.25) is 52.7 Å². The lowest BCUT2D eigenvalue weighted by Crippen LogP contribution is -2.63. The van der Waals surface area contributed by atoms with Crippen LogP contribution in [0, 0.1) is 41.4 Å². The number of carbonyl (C=O) groups is 11. The molecule has 0 spiro atoms. The van der Waals surface area contributed by atoms with Gasteiger partial charge < -0.3 is 60.7 Å². The minimum Gasteiger partial charge on any atom is -0.390 e. The summed E-state index contributed by atoms with van der Waals surface area (Å²) in [5.74, 6) is -10.1. The SMILES string of the molecule is CC/C=C/C[C@@H](C)[C@@H](O)[C@H]1C(=O)N[C@@H](CC)C(=O)N(C)CC(=O)N(C)[C@@H](C(C)C)C(=O)N[C@H](C(C)C)C(=O)N(C)[C@H](CC(C)C)C(=O)N[C@@H](C)C(=O)N[C@H](C)C(=O)N(C)[C@@H](CC(C)C)C(=O)N(C)[C@@H](CC(C)C)C(=O)N(C)[C@@H](C(C)C)C(=O)N1C. The summed E-state index contributed by atoms with van der Waals surface area (Å²) in [5, 5.41) is 23.1. The molecule has 85 heavy (non-hydrogen) atoms. The van der Waals surface area contributed by atoms with Crippen LogP contribution < -0.4 is 21.3 Å². The maximum Gasteiger partial charge on any atom is 0.246 e. The van der Waals surface area contributed by atoms with Crippen LogP contribution in [0.3, 0.4) is 0 Å². The number of likely N-dealkylation sites (N-methyl/N-ethyl adjacent to an activating group) is 7. The van der Waals surface area contributed by atoms with Gasteiger partial charge in [0.2, 0.25) is 65.0 Å². The van der Waals surface area contributed by atoms with Gasteiger partial charge in [0.05, 0.1) is 12.6 Å². The second kappa shape index (κ2) is 34.9. The normalized spacial score (nSPS) is 26.9. The number of amides is 11. The first kappa shape index (κ1) is 76.9. The molecule has 5 N–H and O–H groups in total. The molecule has 0 saturated carbocycles. The van der Waals surface area contributed by atoms with Gasteiger partial charge in [-0.25, -0.2) is 0 Å². The smallest absolute Gasteiger partial charge is 0.246 e. The number of allylic oxidation sites excluding steroid dienone is 2. The van der Waals surface area contributed by atoms with Gasteiger partial charge >= 0.3 is 0 Å². The van der Waals surface area contributed by atoms with Crippen LogP contribution in [0.5, 0.6) is 0 Å². The van der Waals surface area contributed by atoms with Crippen molar-refractivity contribution in [2.45, 2.75) is 223 Å². The first-order valence-electron chi connectivity index (χ1n) is 30.6. The summed E-state index contributed by atoms with van der Waals surface area (Å²) in [6.45, 7) is 29.2. The molecule has 0 aromatic heterocycles. The summed E-state index contributed by atoms with van der Waals surface area (Å²) in [5.41, 5.74) is 0. The summed E-state index contributed by atoms with van der Waals surface area (Å²) in [7, 11) is 9.90. The number of aliphatic hydroxyl groups excluding tert-OH is 1. The Kier molecular flexibility index (Phi) is 31.5. The standard InChI is InChI=1S/C62H111N11O12/c1-25-27-28-29-40(15)52(75)51-56(79)65-43(26-2)58(81)67(18)33-47(74)71(22)49(38(11)12)55(78)66-48(37(9)10)61(84)68(19)44(30-34(3)4)54(77)63-41(16)53(76)64-42(17)57(80)69(20)45(31-35(5)6)59(82)70(21)46(32-36(7)8)60(83)72(23)50(39(13)14)62(85)73(51)24/h27-28,34-46,48-52,75H,25-26,29-33H2,1-24H3,(H,63,77)(H,64,76)(H,65,79)(H,66,78)/b28-27+/t40-,41+,42-,43+,44-,45+,46+,48-,49+,50+,51+,52-/m1/s1. The van der Waals surface area contributed by atoms with E-state index in [1.165, 1.54) is 87.7 Å². The molecule has 0 radical (unpaired) electrons. The van der Waals surface area contributed by atoms with Crippen LogP contribution in [0.1, 0.15) is 156 Å². The van der Waals surface area contributed by atoms with Crippen molar-refractivity contribution in [3.05, 3.63) is 12.2 Å². The third kappa shape index (κ3) is 21.4. The highest BCUT2D eigenvalue weighted by atomic mass is 16.3. The van der Waals surface area contributed by atoms with Crippen LogP contribution in [-0.2, 0) is 52.7 Å². The maximum atomic E-state index is 15.2. The van der Waals surface area contributed by atoms with E-state index < -0.39 is 162 Å². The summed E-state index contributed by atoms with van der Waals surface area (Å²) in [6.07, 6.45) is 3.78. The third-order valence-electron chi connectivity index (χ3n) is 16.1. The largest absolute Gasteiger partial charge is 0.390 e. The Morgan fingerprint density at radius 3 is 1.34 bits per heavy atom. The molecular weight excluding hydrogens is 1090 g/mol. The van der Waals surface area contributed by atoms with Crippen LogP contribution in [0.4, 0.5) is 0 Å². The molecule has 1 aliphatic heterocycles. The zero-order valence-corrected chi connectivity index (χ0v) is 56.1. The summed E-state index contributed by atoms with van der Waals surface area (Å²) < 4.78 is 0. The predicted molar refractivity (Wildman–Crippen MR) is 328 cm³/mol. The zero-order valence-electron chi connectivity index (χ0n) is 56.1. The predicted octanol–water partition coefficient (Wildman–Crippen LogP) is 3.27. The van der Waals surface area contributed by atoms with Crippen molar-refractivity contribution in [3.8, 4) is 0 Å². The maximum absolute atomic E-state index is 15.2. The Balaban J connectivity index is 4.31. The Bertz CT molecular complexity index is 2330. The molecule has 1 fully saturated rings. The van der Waals surface area contributed by atoms with Gasteiger partial charge in [0.15, 0.2) is 0 Å². The molecule has 1 rings (SSSR count). The molecule has 1 saturated heterocycles. The van der Waals surface area contributed by atoms with Crippen molar-refractivity contribution in [2.75, 3.05) is 55.9 Å². The molecule has 486 valence electrons. The number of aliphatic hydroxyl groups is 1. The van der Waals surface area contributed by atoms with E-state index in [1.807, 2.05) is 60.6 Å². The molecule has 0 unspecified atom stereocenters. The summed E-state index contributed by atoms with van der Waals surface area (Å²) in [4.78, 5) is 168. The second-order valence-electron chi connectivity index (χ2n) is 25.9. The van der Waals surface area contributed by atoms with Crippen LogP contribution in [0.25, 0.3) is 0 Å². The molecule has 0 aliphatic carbocycles. The van der Waals surface area contributed by atoms with E-state index in [-0.39, 0.29) is 43.4 Å². The van der Waals surface area contributed by atoms with Crippen molar-refractivity contribution in [2.24, 2.45) is 41.4 Å². The lowest BCUT2D eigenvalue weighted by atomic mass is 9.91. The number of rotatable bonds is 15. The molecule has 0 aromatic rings.